The van der Waals surface area contributed by atoms with Gasteiger partial charge in [-0.1, -0.05) is 42.5 Å². The molecule has 3 atom stereocenters. The zero-order valence-corrected chi connectivity index (χ0v) is 22.0. The van der Waals surface area contributed by atoms with Gasteiger partial charge in [-0.3, -0.25) is 14.7 Å². The summed E-state index contributed by atoms with van der Waals surface area (Å²) in [5, 5.41) is 16.8. The van der Waals surface area contributed by atoms with Crippen molar-refractivity contribution in [3.8, 4) is 0 Å². The highest BCUT2D eigenvalue weighted by Gasteiger charge is 2.35. The molecule has 2 heterocycles. The fourth-order valence-corrected chi connectivity index (χ4v) is 4.82. The number of pyridine rings is 1. The van der Waals surface area contributed by atoms with E-state index >= 15 is 0 Å². The Hall–Kier alpha value is -3.81. The number of carbonyl (C=O) groups is 2. The lowest BCUT2D eigenvalue weighted by Gasteiger charge is -2.33. The Labute approximate surface area is 233 Å². The van der Waals surface area contributed by atoms with Gasteiger partial charge in [0.15, 0.2) is 0 Å². The minimum atomic E-state index is -4.65. The molecule has 1 saturated heterocycles. The standard InChI is InChI=1S/C28H31F4N5O4/c29-23-12-34-13-25(36-26(38)24(33)10-18-6-3-5-17-4-1-2-7-21(17)18)22(23)9-8-20-11-35-19(15-41-20)14-37(27(39)40)16-28(30,31)32/h1-7,12-13,19-20,24,35H,8-11,14-16,33H2,(H,36,38)(H,39,40)/t19-,20+,24-/m0/s1. The summed E-state index contributed by atoms with van der Waals surface area (Å²) in [5.41, 5.74) is 7.53. The number of aromatic nitrogens is 1. The average molecular weight is 578 g/mol. The zero-order chi connectivity index (χ0) is 29.6. The van der Waals surface area contributed by atoms with Crippen molar-refractivity contribution < 1.29 is 37.0 Å². The molecule has 1 aliphatic rings. The molecule has 5 N–H and O–H groups in total. The average Bonchev–Trinajstić information content (AvgIpc) is 2.92. The highest BCUT2D eigenvalue weighted by Crippen LogP contribution is 2.23. The van der Waals surface area contributed by atoms with E-state index in [2.05, 4.69) is 15.6 Å². The molecule has 41 heavy (non-hydrogen) atoms. The van der Waals surface area contributed by atoms with Crippen molar-refractivity contribution in [3.05, 3.63) is 71.8 Å². The first-order valence-electron chi connectivity index (χ1n) is 13.0. The van der Waals surface area contributed by atoms with Crippen molar-refractivity contribution in [1.29, 1.82) is 0 Å². The van der Waals surface area contributed by atoms with Crippen LogP contribution in [0.2, 0.25) is 0 Å². The van der Waals surface area contributed by atoms with Crippen LogP contribution in [0, 0.1) is 5.82 Å². The van der Waals surface area contributed by atoms with Crippen LogP contribution in [-0.2, 0) is 22.4 Å². The number of alkyl halides is 3. The predicted octanol–water partition coefficient (Wildman–Crippen LogP) is 3.71. The maximum atomic E-state index is 14.7. The Balaban J connectivity index is 1.32. The fraction of sp³-hybridized carbons (Fsp3) is 0.393. The second kappa shape index (κ2) is 13.2. The van der Waals surface area contributed by atoms with Gasteiger partial charge in [-0.05, 0) is 35.6 Å². The Kier molecular flexibility index (Phi) is 9.73. The largest absolute Gasteiger partial charge is 0.465 e. The highest BCUT2D eigenvalue weighted by molar-refractivity contribution is 5.96. The number of hydrogen-bond acceptors (Lipinski definition) is 6. The molecule has 2 amide bonds. The summed E-state index contributed by atoms with van der Waals surface area (Å²) >= 11 is 0. The van der Waals surface area contributed by atoms with E-state index in [1.165, 1.54) is 6.20 Å². The molecule has 2 aromatic carbocycles. The van der Waals surface area contributed by atoms with E-state index in [-0.39, 0.29) is 42.1 Å². The third-order valence-corrected chi connectivity index (χ3v) is 6.88. The molecule has 0 radical (unpaired) electrons. The van der Waals surface area contributed by atoms with Crippen LogP contribution >= 0.6 is 0 Å². The molecule has 0 bridgehead atoms. The smallest absolute Gasteiger partial charge is 0.407 e. The van der Waals surface area contributed by atoms with Gasteiger partial charge in [0, 0.05) is 24.7 Å². The van der Waals surface area contributed by atoms with Crippen LogP contribution in [0.1, 0.15) is 17.5 Å². The Morgan fingerprint density at radius 1 is 1.20 bits per heavy atom. The summed E-state index contributed by atoms with van der Waals surface area (Å²) in [6, 6.07) is 12.0. The van der Waals surface area contributed by atoms with E-state index in [1.54, 1.807) is 0 Å². The summed E-state index contributed by atoms with van der Waals surface area (Å²) in [6.07, 6.45) is -3.57. The Morgan fingerprint density at radius 2 is 1.95 bits per heavy atom. The van der Waals surface area contributed by atoms with Crippen LogP contribution in [-0.4, -0.2) is 77.6 Å². The third kappa shape index (κ3) is 8.35. The van der Waals surface area contributed by atoms with Gasteiger partial charge >= 0.3 is 12.3 Å². The molecule has 9 nitrogen and oxygen atoms in total. The van der Waals surface area contributed by atoms with Gasteiger partial charge in [-0.2, -0.15) is 13.2 Å². The van der Waals surface area contributed by atoms with E-state index in [9.17, 15) is 27.2 Å². The number of ether oxygens (including phenoxy) is 1. The number of amides is 2. The number of nitrogens with one attached hydrogen (secondary N) is 2. The van der Waals surface area contributed by atoms with Crippen LogP contribution in [0.5, 0.6) is 0 Å². The van der Waals surface area contributed by atoms with Crippen molar-refractivity contribution in [1.82, 2.24) is 15.2 Å². The minimum absolute atomic E-state index is 0.0161. The van der Waals surface area contributed by atoms with Crippen LogP contribution in [0.25, 0.3) is 10.8 Å². The quantitative estimate of drug-likeness (QED) is 0.270. The molecule has 13 heteroatoms. The lowest BCUT2D eigenvalue weighted by atomic mass is 9.98. The van der Waals surface area contributed by atoms with Gasteiger partial charge in [-0.25, -0.2) is 9.18 Å². The number of morpholine rings is 1. The Bertz CT molecular complexity index is 1360. The first kappa shape index (κ1) is 30.2. The van der Waals surface area contributed by atoms with E-state index in [0.717, 1.165) is 22.5 Å². The maximum absolute atomic E-state index is 14.7. The molecular weight excluding hydrogens is 546 g/mol. The van der Waals surface area contributed by atoms with Gasteiger partial charge < -0.3 is 26.2 Å². The first-order valence-corrected chi connectivity index (χ1v) is 13.0. The molecule has 0 unspecified atom stereocenters. The van der Waals surface area contributed by atoms with Gasteiger partial charge in [0.25, 0.3) is 0 Å². The number of anilines is 1. The number of benzene rings is 2. The summed E-state index contributed by atoms with van der Waals surface area (Å²) < 4.78 is 58.4. The number of rotatable bonds is 10. The van der Waals surface area contributed by atoms with Gasteiger partial charge in [0.2, 0.25) is 5.91 Å². The van der Waals surface area contributed by atoms with Crippen molar-refractivity contribution >= 4 is 28.5 Å². The first-order chi connectivity index (χ1) is 19.5. The monoisotopic (exact) mass is 577 g/mol. The number of fused-ring (bicyclic) bond motifs is 1. The Morgan fingerprint density at radius 3 is 2.66 bits per heavy atom. The van der Waals surface area contributed by atoms with Gasteiger partial charge in [0.1, 0.15) is 12.4 Å². The lowest BCUT2D eigenvalue weighted by molar-refractivity contribution is -0.143. The van der Waals surface area contributed by atoms with E-state index < -0.39 is 55.3 Å². The minimum Gasteiger partial charge on any atom is -0.465 e. The zero-order valence-electron chi connectivity index (χ0n) is 22.0. The van der Waals surface area contributed by atoms with Crippen LogP contribution < -0.4 is 16.4 Å². The number of nitrogens with zero attached hydrogens (tertiary/aromatic N) is 2. The van der Waals surface area contributed by atoms with Crippen molar-refractivity contribution in [3.63, 3.8) is 0 Å². The van der Waals surface area contributed by atoms with Crippen LogP contribution in [0.4, 0.5) is 28.0 Å². The SMILES string of the molecule is N[C@@H](Cc1cccc2ccccc12)C(=O)Nc1cncc(F)c1CC[C@@H]1CN[C@@H](CN(CC(F)(F)F)C(=O)O)CO1. The molecule has 220 valence electrons. The molecule has 4 rings (SSSR count). The normalized spacial score (nSPS) is 18.2. The third-order valence-electron chi connectivity index (χ3n) is 6.88. The van der Waals surface area contributed by atoms with Crippen LogP contribution in [0.15, 0.2) is 54.9 Å². The topological polar surface area (TPSA) is 130 Å². The molecule has 1 aliphatic heterocycles. The van der Waals surface area contributed by atoms with Crippen molar-refractivity contribution in [2.45, 2.75) is 43.6 Å². The second-order valence-electron chi connectivity index (χ2n) is 9.96. The lowest BCUT2D eigenvalue weighted by Crippen LogP contribution is -2.53. The van der Waals surface area contributed by atoms with Gasteiger partial charge in [0.05, 0.1) is 36.8 Å². The van der Waals surface area contributed by atoms with E-state index in [4.69, 9.17) is 15.6 Å². The van der Waals surface area contributed by atoms with Crippen LogP contribution in [0.3, 0.4) is 0 Å². The summed E-state index contributed by atoms with van der Waals surface area (Å²) in [4.78, 5) is 28.3. The van der Waals surface area contributed by atoms with E-state index in [0.29, 0.717) is 6.42 Å². The fourth-order valence-electron chi connectivity index (χ4n) is 4.82. The molecular formula is C28H31F4N5O4. The molecule has 3 aromatic rings. The summed E-state index contributed by atoms with van der Waals surface area (Å²) in [7, 11) is 0. The van der Waals surface area contributed by atoms with E-state index in [1.807, 2.05) is 42.5 Å². The van der Waals surface area contributed by atoms with Crippen molar-refractivity contribution in [2.24, 2.45) is 5.73 Å². The molecule has 0 saturated carbocycles. The molecule has 1 fully saturated rings. The van der Waals surface area contributed by atoms with Gasteiger partial charge in [-0.15, -0.1) is 0 Å². The maximum Gasteiger partial charge on any atom is 0.407 e. The number of carbonyl (C=O) groups excluding carboxylic acids is 1. The molecule has 1 aromatic heterocycles. The number of carboxylic acid groups (broad SMARTS) is 1. The predicted molar refractivity (Wildman–Crippen MR) is 144 cm³/mol. The molecule has 0 spiro atoms. The highest BCUT2D eigenvalue weighted by atomic mass is 19.4. The number of halogens is 4. The summed E-state index contributed by atoms with van der Waals surface area (Å²) in [5.74, 6) is -1.11. The number of hydrogen-bond donors (Lipinski definition) is 4. The van der Waals surface area contributed by atoms with Crippen molar-refractivity contribution in [2.75, 3.05) is 31.6 Å². The molecule has 0 aliphatic carbocycles. The summed E-state index contributed by atoms with van der Waals surface area (Å²) in [6.45, 7) is -1.76. The number of nitrogens with two attached hydrogens (primary N) is 1. The second-order valence-corrected chi connectivity index (χ2v) is 9.96.